The first-order chi connectivity index (χ1) is 14.5. The topological polar surface area (TPSA) is 55.8 Å². The molecule has 0 radical (unpaired) electrons. The van der Waals surface area contributed by atoms with Crippen molar-refractivity contribution in [1.29, 1.82) is 0 Å². The summed E-state index contributed by atoms with van der Waals surface area (Å²) in [5.74, 6) is -13.3. The van der Waals surface area contributed by atoms with E-state index < -0.39 is 64.8 Å². The minimum atomic E-state index is -5.74. The van der Waals surface area contributed by atoms with E-state index in [0.29, 0.717) is 17.1 Å². The quantitative estimate of drug-likeness (QED) is 0.402. The first-order valence-electron chi connectivity index (χ1n) is 8.69. The second-order valence-electron chi connectivity index (χ2n) is 6.84. The number of rotatable bonds is 3. The van der Waals surface area contributed by atoms with Crippen molar-refractivity contribution in [2.75, 3.05) is 11.7 Å². The van der Waals surface area contributed by atoms with Gasteiger partial charge in [0.1, 0.15) is 11.3 Å². The van der Waals surface area contributed by atoms with Crippen molar-refractivity contribution in [2.45, 2.75) is 19.0 Å². The highest BCUT2D eigenvalue weighted by molar-refractivity contribution is 6.21. The molecular weight excluding hydrogens is 439 g/mol. The maximum Gasteiger partial charge on any atom is 0.422 e. The Morgan fingerprint density at radius 1 is 0.935 bits per heavy atom. The number of ether oxygens (including phenoxy) is 2. The largest absolute Gasteiger partial charge is 0.454 e. The van der Waals surface area contributed by atoms with Crippen molar-refractivity contribution in [2.24, 2.45) is 5.92 Å². The Bertz CT molecular complexity index is 1090. The molecule has 2 aliphatic rings. The average molecular weight is 449 g/mol. The lowest BCUT2D eigenvalue weighted by molar-refractivity contribution is -0.143. The number of fused-ring (bicyclic) bond motifs is 1. The molecule has 0 bridgehead atoms. The number of carbonyl (C=O) groups excluding carboxylic acids is 2. The fraction of sp³-hybridized carbons (Fsp3) is 0.263. The van der Waals surface area contributed by atoms with Gasteiger partial charge in [-0.15, -0.1) is 0 Å². The molecule has 2 amide bonds. The highest BCUT2D eigenvalue weighted by Gasteiger charge is 2.47. The maximum atomic E-state index is 14.3. The van der Waals surface area contributed by atoms with Gasteiger partial charge in [0.15, 0.2) is 34.8 Å². The second kappa shape index (κ2) is 7.13. The van der Waals surface area contributed by atoms with Crippen LogP contribution in [0, 0.1) is 29.2 Å². The summed E-state index contributed by atoms with van der Waals surface area (Å²) in [6.07, 6.45) is -6.42. The lowest BCUT2D eigenvalue weighted by atomic mass is 9.97. The van der Waals surface area contributed by atoms with Crippen LogP contribution in [0.1, 0.15) is 17.5 Å². The molecule has 2 aliphatic heterocycles. The summed E-state index contributed by atoms with van der Waals surface area (Å²) in [4.78, 5) is 24.7. The van der Waals surface area contributed by atoms with Crippen LogP contribution in [0.15, 0.2) is 18.2 Å². The van der Waals surface area contributed by atoms with E-state index >= 15 is 0 Å². The van der Waals surface area contributed by atoms with Gasteiger partial charge in [-0.25, -0.2) is 22.5 Å². The molecule has 2 aromatic carbocycles. The lowest BCUT2D eigenvalue weighted by Crippen LogP contribution is -2.34. The van der Waals surface area contributed by atoms with E-state index in [-0.39, 0.29) is 18.1 Å². The normalized spacial score (nSPS) is 18.3. The van der Waals surface area contributed by atoms with Gasteiger partial charge in [0, 0.05) is 6.42 Å². The predicted octanol–water partition coefficient (Wildman–Crippen LogP) is 4.11. The lowest BCUT2D eigenvalue weighted by Gasteiger charge is -2.19. The van der Waals surface area contributed by atoms with Crippen LogP contribution in [0.25, 0.3) is 0 Å². The van der Waals surface area contributed by atoms with Crippen LogP contribution >= 0.6 is 0 Å². The summed E-state index contributed by atoms with van der Waals surface area (Å²) in [6, 6.07) is 4.60. The Morgan fingerprint density at radius 2 is 1.55 bits per heavy atom. The van der Waals surface area contributed by atoms with Gasteiger partial charge in [-0.05, 0) is 24.1 Å². The van der Waals surface area contributed by atoms with Crippen molar-refractivity contribution < 1.29 is 49.8 Å². The zero-order valence-corrected chi connectivity index (χ0v) is 15.2. The van der Waals surface area contributed by atoms with E-state index in [1.54, 1.807) is 6.07 Å². The van der Waals surface area contributed by atoms with E-state index in [2.05, 4.69) is 0 Å². The monoisotopic (exact) mass is 449 g/mol. The van der Waals surface area contributed by atoms with E-state index in [0.717, 1.165) is 0 Å². The molecule has 0 saturated carbocycles. The fourth-order valence-electron chi connectivity index (χ4n) is 3.51. The molecule has 1 saturated heterocycles. The molecule has 0 N–H and O–H groups in total. The number of benzene rings is 2. The number of nitrogens with zero attached hydrogens (tertiary/aromatic N) is 1. The van der Waals surface area contributed by atoms with Crippen LogP contribution in [-0.4, -0.2) is 18.6 Å². The van der Waals surface area contributed by atoms with Crippen molar-refractivity contribution >= 4 is 17.5 Å². The van der Waals surface area contributed by atoms with E-state index in [9.17, 15) is 40.3 Å². The molecule has 5 nitrogen and oxygen atoms in total. The maximum absolute atomic E-state index is 14.3. The number of hydrogen-bond donors (Lipinski definition) is 0. The first-order valence-corrected chi connectivity index (χ1v) is 8.69. The summed E-state index contributed by atoms with van der Waals surface area (Å²) < 4.78 is 105. The number of imide groups is 1. The van der Waals surface area contributed by atoms with Crippen molar-refractivity contribution in [3.8, 4) is 11.5 Å². The fourth-order valence-corrected chi connectivity index (χ4v) is 3.51. The zero-order valence-electron chi connectivity index (χ0n) is 15.2. The number of alkyl halides is 3. The van der Waals surface area contributed by atoms with Gasteiger partial charge in [-0.3, -0.25) is 9.59 Å². The molecule has 31 heavy (non-hydrogen) atoms. The molecule has 0 aliphatic carbocycles. The van der Waals surface area contributed by atoms with Crippen LogP contribution in [0.5, 0.6) is 11.5 Å². The minimum Gasteiger partial charge on any atom is -0.454 e. The van der Waals surface area contributed by atoms with Crippen LogP contribution in [-0.2, 0) is 22.2 Å². The van der Waals surface area contributed by atoms with Crippen molar-refractivity contribution in [3.63, 3.8) is 0 Å². The summed E-state index contributed by atoms with van der Waals surface area (Å²) in [5, 5.41) is 0. The molecule has 1 atom stereocenters. The number of amides is 2. The summed E-state index contributed by atoms with van der Waals surface area (Å²) in [7, 11) is 0. The molecule has 2 aromatic rings. The van der Waals surface area contributed by atoms with Crippen LogP contribution in [0.2, 0.25) is 0 Å². The smallest absolute Gasteiger partial charge is 0.422 e. The molecule has 164 valence electrons. The predicted molar refractivity (Wildman–Crippen MR) is 88.1 cm³/mol. The van der Waals surface area contributed by atoms with Crippen LogP contribution in [0.3, 0.4) is 0 Å². The number of halogens is 7. The van der Waals surface area contributed by atoms with E-state index in [1.165, 1.54) is 12.1 Å². The van der Waals surface area contributed by atoms with Crippen molar-refractivity contribution in [3.05, 3.63) is 52.6 Å². The summed E-state index contributed by atoms with van der Waals surface area (Å²) in [5.41, 5.74) is -4.11. The number of carbonyl (C=O) groups is 2. The van der Waals surface area contributed by atoms with Crippen LogP contribution < -0.4 is 14.4 Å². The molecule has 4 rings (SSSR count). The van der Waals surface area contributed by atoms with Gasteiger partial charge in [0.25, 0.3) is 0 Å². The highest BCUT2D eigenvalue weighted by Crippen LogP contribution is 2.41. The first kappa shape index (κ1) is 20.9. The molecular formula is C19H10F7NO4. The second-order valence-corrected chi connectivity index (χ2v) is 6.84. The minimum absolute atomic E-state index is 0.0169. The molecule has 1 unspecified atom stereocenters. The summed E-state index contributed by atoms with van der Waals surface area (Å²) >= 11 is 0. The van der Waals surface area contributed by atoms with Gasteiger partial charge in [0.2, 0.25) is 18.6 Å². The van der Waals surface area contributed by atoms with E-state index in [1.807, 2.05) is 0 Å². The molecule has 2 heterocycles. The standard InChI is InChI=1S/C19H10F7NO4/c20-13-12(19(24,25)26)14(21)16(23)17(15(13)22)27-11(28)5-8(18(27)29)3-7-1-2-9-10(4-7)31-6-30-9/h1-2,4,8H,3,5-6H2. The third kappa shape index (κ3) is 3.35. The zero-order chi connectivity index (χ0) is 22.7. The molecule has 1 fully saturated rings. The summed E-state index contributed by atoms with van der Waals surface area (Å²) in [6.45, 7) is -0.0169. The van der Waals surface area contributed by atoms with Crippen LogP contribution in [0.4, 0.5) is 36.4 Å². The van der Waals surface area contributed by atoms with Gasteiger partial charge >= 0.3 is 6.18 Å². The molecule has 0 spiro atoms. The van der Waals surface area contributed by atoms with Gasteiger partial charge in [0.05, 0.1) is 5.92 Å². The third-order valence-electron chi connectivity index (χ3n) is 4.91. The molecule has 12 heteroatoms. The van der Waals surface area contributed by atoms with E-state index in [4.69, 9.17) is 9.47 Å². The third-order valence-corrected chi connectivity index (χ3v) is 4.91. The Morgan fingerprint density at radius 3 is 2.16 bits per heavy atom. The van der Waals surface area contributed by atoms with Gasteiger partial charge in [-0.2, -0.15) is 13.2 Å². The Balaban J connectivity index is 1.68. The Kier molecular flexibility index (Phi) is 4.82. The SMILES string of the molecule is O=C1CC(Cc2ccc3c(c2)OCO3)C(=O)N1c1c(F)c(F)c(C(F)(F)F)c(F)c1F. The molecule has 0 aromatic heterocycles. The highest BCUT2D eigenvalue weighted by atomic mass is 19.4. The average Bonchev–Trinajstić information content (AvgIpc) is 3.25. The Labute approximate surface area is 169 Å². The van der Waals surface area contributed by atoms with Gasteiger partial charge in [-0.1, -0.05) is 6.07 Å². The number of anilines is 1. The number of hydrogen-bond acceptors (Lipinski definition) is 4. The van der Waals surface area contributed by atoms with Gasteiger partial charge < -0.3 is 9.47 Å². The van der Waals surface area contributed by atoms with Crippen molar-refractivity contribution in [1.82, 2.24) is 0 Å². The Hall–Kier alpha value is -3.31.